The molecule has 5 nitrogen and oxygen atoms in total. The van der Waals surface area contributed by atoms with Crippen molar-refractivity contribution in [2.24, 2.45) is 0 Å². The summed E-state index contributed by atoms with van der Waals surface area (Å²) in [5, 5.41) is 0.255. The van der Waals surface area contributed by atoms with Crippen LogP contribution in [0.3, 0.4) is 0 Å². The molecule has 7 heteroatoms. The zero-order valence-electron chi connectivity index (χ0n) is 9.35. The molecule has 2 aromatic rings. The molecule has 0 amide bonds. The lowest BCUT2D eigenvalue weighted by Gasteiger charge is -2.34. The standard InChI is InChI=1S/C10H12ClN5S/c1-6-4-17-3-2-16(6)9-7-8(13-5-12-7)14-10(11)15-9/h5-6H,2-4H2,1H3,(H,12,13,14,15). The van der Waals surface area contributed by atoms with E-state index in [4.69, 9.17) is 11.6 Å². The summed E-state index contributed by atoms with van der Waals surface area (Å²) >= 11 is 7.91. The highest BCUT2D eigenvalue weighted by Crippen LogP contribution is 2.27. The van der Waals surface area contributed by atoms with Gasteiger partial charge >= 0.3 is 0 Å². The molecular formula is C10H12ClN5S. The van der Waals surface area contributed by atoms with Crippen molar-refractivity contribution in [2.75, 3.05) is 23.0 Å². The molecule has 1 unspecified atom stereocenters. The van der Waals surface area contributed by atoms with Crippen LogP contribution in [-0.2, 0) is 0 Å². The first-order valence-electron chi connectivity index (χ1n) is 5.46. The van der Waals surface area contributed by atoms with Crippen LogP contribution in [0.15, 0.2) is 6.33 Å². The van der Waals surface area contributed by atoms with Gasteiger partial charge in [-0.1, -0.05) is 0 Å². The lowest BCUT2D eigenvalue weighted by molar-refractivity contribution is 0.691. The number of aromatic amines is 1. The Labute approximate surface area is 108 Å². The number of nitrogens with zero attached hydrogens (tertiary/aromatic N) is 4. The minimum Gasteiger partial charge on any atom is -0.350 e. The topological polar surface area (TPSA) is 57.7 Å². The van der Waals surface area contributed by atoms with Crippen molar-refractivity contribution in [3.63, 3.8) is 0 Å². The molecule has 2 aromatic heterocycles. The first kappa shape index (κ1) is 11.1. The van der Waals surface area contributed by atoms with Crippen molar-refractivity contribution >= 4 is 40.3 Å². The molecule has 1 N–H and O–H groups in total. The van der Waals surface area contributed by atoms with Crippen LogP contribution in [0.5, 0.6) is 0 Å². The molecule has 0 aromatic carbocycles. The zero-order chi connectivity index (χ0) is 11.8. The summed E-state index contributed by atoms with van der Waals surface area (Å²) in [7, 11) is 0. The molecule has 0 saturated carbocycles. The molecule has 1 atom stereocenters. The lowest BCUT2D eigenvalue weighted by atomic mass is 10.3. The number of rotatable bonds is 1. The first-order valence-corrected chi connectivity index (χ1v) is 7.00. The highest BCUT2D eigenvalue weighted by Gasteiger charge is 2.23. The van der Waals surface area contributed by atoms with Crippen LogP contribution in [0.1, 0.15) is 6.92 Å². The number of aromatic nitrogens is 4. The third-order valence-electron chi connectivity index (χ3n) is 2.88. The molecular weight excluding hydrogens is 258 g/mol. The summed E-state index contributed by atoms with van der Waals surface area (Å²) in [5.74, 6) is 3.09. The van der Waals surface area contributed by atoms with Gasteiger partial charge in [0.05, 0.1) is 6.33 Å². The van der Waals surface area contributed by atoms with Gasteiger partial charge in [-0.25, -0.2) is 4.98 Å². The maximum Gasteiger partial charge on any atom is 0.226 e. The van der Waals surface area contributed by atoms with Gasteiger partial charge in [0.15, 0.2) is 11.5 Å². The van der Waals surface area contributed by atoms with E-state index in [-0.39, 0.29) is 5.28 Å². The number of thioether (sulfide) groups is 1. The third kappa shape index (κ3) is 1.95. The number of halogens is 1. The maximum absolute atomic E-state index is 5.94. The second-order valence-electron chi connectivity index (χ2n) is 4.03. The zero-order valence-corrected chi connectivity index (χ0v) is 10.9. The van der Waals surface area contributed by atoms with Gasteiger partial charge in [-0.2, -0.15) is 21.7 Å². The van der Waals surface area contributed by atoms with Gasteiger partial charge in [-0.05, 0) is 18.5 Å². The van der Waals surface area contributed by atoms with Gasteiger partial charge < -0.3 is 9.88 Å². The van der Waals surface area contributed by atoms with Gasteiger partial charge in [0.25, 0.3) is 0 Å². The Morgan fingerprint density at radius 1 is 1.53 bits per heavy atom. The molecule has 3 rings (SSSR count). The average molecular weight is 270 g/mol. The van der Waals surface area contributed by atoms with Crippen LogP contribution in [-0.4, -0.2) is 44.0 Å². The maximum atomic E-state index is 5.94. The summed E-state index contributed by atoms with van der Waals surface area (Å²) in [6, 6.07) is 0.450. The highest BCUT2D eigenvalue weighted by atomic mass is 35.5. The van der Waals surface area contributed by atoms with E-state index in [1.165, 1.54) is 0 Å². The van der Waals surface area contributed by atoms with Crippen molar-refractivity contribution in [3.8, 4) is 0 Å². The summed E-state index contributed by atoms with van der Waals surface area (Å²) in [6.07, 6.45) is 1.63. The Kier molecular flexibility index (Phi) is 2.84. The Hall–Kier alpha value is -1.01. The molecule has 1 fully saturated rings. The van der Waals surface area contributed by atoms with E-state index in [9.17, 15) is 0 Å². The summed E-state index contributed by atoms with van der Waals surface area (Å²) in [5.41, 5.74) is 1.50. The van der Waals surface area contributed by atoms with Crippen LogP contribution in [0, 0.1) is 0 Å². The molecule has 0 aliphatic carbocycles. The predicted octanol–water partition coefficient (Wildman–Crippen LogP) is 1.95. The fourth-order valence-electron chi connectivity index (χ4n) is 2.04. The van der Waals surface area contributed by atoms with Crippen LogP contribution >= 0.6 is 23.4 Å². The molecule has 0 spiro atoms. The predicted molar refractivity (Wildman–Crippen MR) is 70.8 cm³/mol. The molecule has 90 valence electrons. The second kappa shape index (κ2) is 4.34. The van der Waals surface area contributed by atoms with E-state index in [0.29, 0.717) is 11.7 Å². The summed E-state index contributed by atoms with van der Waals surface area (Å²) < 4.78 is 0. The third-order valence-corrected chi connectivity index (χ3v) is 4.24. The minimum atomic E-state index is 0.255. The number of nitrogens with one attached hydrogen (secondary N) is 1. The number of imidazole rings is 1. The normalized spacial score (nSPS) is 21.1. The van der Waals surface area contributed by atoms with Crippen molar-refractivity contribution in [1.82, 2.24) is 19.9 Å². The number of H-pyrrole nitrogens is 1. The van der Waals surface area contributed by atoms with Crippen molar-refractivity contribution in [3.05, 3.63) is 11.6 Å². The Morgan fingerprint density at radius 3 is 3.24 bits per heavy atom. The SMILES string of the molecule is CC1CSCCN1c1nc(Cl)nc2nc[nH]c12. The van der Waals surface area contributed by atoms with Gasteiger partial charge in [0.1, 0.15) is 5.52 Å². The number of hydrogen-bond donors (Lipinski definition) is 1. The monoisotopic (exact) mass is 269 g/mol. The quantitative estimate of drug-likeness (QED) is 0.802. The van der Waals surface area contributed by atoms with Crippen molar-refractivity contribution < 1.29 is 0 Å². The number of fused-ring (bicyclic) bond motifs is 1. The van der Waals surface area contributed by atoms with Gasteiger partial charge in [-0.3, -0.25) is 0 Å². The Bertz CT molecular complexity index is 542. The first-order chi connectivity index (χ1) is 8.25. The molecule has 0 radical (unpaired) electrons. The Balaban J connectivity index is 2.11. The smallest absolute Gasteiger partial charge is 0.226 e. The molecule has 3 heterocycles. The van der Waals surface area contributed by atoms with Gasteiger partial charge in [0, 0.05) is 24.1 Å². The van der Waals surface area contributed by atoms with E-state index >= 15 is 0 Å². The summed E-state index contributed by atoms with van der Waals surface area (Å²) in [6.45, 7) is 3.18. The van der Waals surface area contributed by atoms with Gasteiger partial charge in [0.2, 0.25) is 5.28 Å². The average Bonchev–Trinajstić information content (AvgIpc) is 2.76. The van der Waals surface area contributed by atoms with Crippen molar-refractivity contribution in [2.45, 2.75) is 13.0 Å². The molecule has 17 heavy (non-hydrogen) atoms. The van der Waals surface area contributed by atoms with Crippen molar-refractivity contribution in [1.29, 1.82) is 0 Å². The molecule has 1 aliphatic rings. The summed E-state index contributed by atoms with van der Waals surface area (Å²) in [4.78, 5) is 17.9. The minimum absolute atomic E-state index is 0.255. The Morgan fingerprint density at radius 2 is 2.41 bits per heavy atom. The fourth-order valence-corrected chi connectivity index (χ4v) is 3.22. The van der Waals surface area contributed by atoms with Gasteiger partial charge in [-0.15, -0.1) is 0 Å². The van der Waals surface area contributed by atoms with E-state index in [1.807, 2.05) is 11.8 Å². The van der Waals surface area contributed by atoms with Crippen LogP contribution in [0.25, 0.3) is 11.2 Å². The largest absolute Gasteiger partial charge is 0.350 e. The van der Waals surface area contributed by atoms with E-state index < -0.39 is 0 Å². The van der Waals surface area contributed by atoms with E-state index in [2.05, 4.69) is 31.8 Å². The van der Waals surface area contributed by atoms with E-state index in [0.717, 1.165) is 29.4 Å². The van der Waals surface area contributed by atoms with E-state index in [1.54, 1.807) is 6.33 Å². The number of anilines is 1. The molecule has 1 aliphatic heterocycles. The fraction of sp³-hybridized carbons (Fsp3) is 0.500. The van der Waals surface area contributed by atoms with Crippen LogP contribution in [0.4, 0.5) is 5.82 Å². The highest BCUT2D eigenvalue weighted by molar-refractivity contribution is 7.99. The molecule has 0 bridgehead atoms. The lowest BCUT2D eigenvalue weighted by Crippen LogP contribution is -2.41. The van der Waals surface area contributed by atoms with Crippen LogP contribution in [0.2, 0.25) is 5.28 Å². The second-order valence-corrected chi connectivity index (χ2v) is 5.52. The number of hydrogen-bond acceptors (Lipinski definition) is 5. The van der Waals surface area contributed by atoms with Crippen LogP contribution < -0.4 is 4.90 Å². The molecule has 1 saturated heterocycles.